The highest BCUT2D eigenvalue weighted by molar-refractivity contribution is 6.30. The number of hydrogen-bond acceptors (Lipinski definition) is 9. The molecular weight excluding hydrogens is 508 g/mol. The second-order valence-corrected chi connectivity index (χ2v) is 11.6. The first-order valence-corrected chi connectivity index (χ1v) is 14.1. The van der Waals surface area contributed by atoms with E-state index < -0.39 is 5.76 Å². The van der Waals surface area contributed by atoms with E-state index in [2.05, 4.69) is 37.3 Å². The topological polar surface area (TPSA) is 117 Å². The average Bonchev–Trinajstić information content (AvgIpc) is 3.70. The summed E-state index contributed by atoms with van der Waals surface area (Å²) in [4.78, 5) is 26.2. The van der Waals surface area contributed by atoms with Crippen LogP contribution in [0, 0.1) is 11.8 Å². The second kappa shape index (κ2) is 9.69. The highest BCUT2D eigenvalue weighted by Crippen LogP contribution is 2.43. The summed E-state index contributed by atoms with van der Waals surface area (Å²) in [5.41, 5.74) is 5.26. The third kappa shape index (κ3) is 4.20. The number of aromatic nitrogens is 5. The molecule has 0 bridgehead atoms. The molecule has 2 N–H and O–H groups in total. The zero-order valence-corrected chi connectivity index (χ0v) is 22.2. The first-order valence-electron chi connectivity index (χ1n) is 13.7. The van der Waals surface area contributed by atoms with E-state index in [1.54, 1.807) is 12.4 Å². The minimum atomic E-state index is -0.618. The molecule has 12 heteroatoms. The molecule has 5 heterocycles. The van der Waals surface area contributed by atoms with Gasteiger partial charge in [0.05, 0.1) is 17.7 Å². The van der Waals surface area contributed by atoms with E-state index in [1.165, 1.54) is 32.1 Å². The largest absolute Gasteiger partial charge is 0.434 e. The molecule has 1 saturated heterocycles. The summed E-state index contributed by atoms with van der Waals surface area (Å²) in [6.07, 6.45) is 11.9. The van der Waals surface area contributed by atoms with Gasteiger partial charge in [0.25, 0.3) is 5.89 Å². The summed E-state index contributed by atoms with van der Waals surface area (Å²) in [6.45, 7) is 4.81. The molecule has 11 nitrogen and oxygen atoms in total. The van der Waals surface area contributed by atoms with Gasteiger partial charge in [-0.2, -0.15) is 0 Å². The van der Waals surface area contributed by atoms with Gasteiger partial charge < -0.3 is 14.1 Å². The summed E-state index contributed by atoms with van der Waals surface area (Å²) >= 11 is 6.36. The van der Waals surface area contributed by atoms with E-state index >= 15 is 0 Å². The standard InChI is InChI=1S/C26H33ClN8O3/c1-15-5-7-16(8-6-15)14-34-24-21(17-11-18(27)13-28-12-17)29-22(23-30-31-26(36)38-23)35(24)32-25(34)33-9-10-37-20-4-2-3-19(20)33/h11-13,15-16,19-20,25,32H,2-10,14H2,1H3,(H,31,36)/t15?,16?,19-,20-,25+/m1/s1. The van der Waals surface area contributed by atoms with E-state index in [1.807, 2.05) is 10.7 Å². The van der Waals surface area contributed by atoms with Crippen LogP contribution in [-0.2, 0) is 4.74 Å². The Morgan fingerprint density at radius 2 is 2.03 bits per heavy atom. The van der Waals surface area contributed by atoms with Crippen molar-refractivity contribution in [3.8, 4) is 23.0 Å². The monoisotopic (exact) mass is 540 g/mol. The van der Waals surface area contributed by atoms with Gasteiger partial charge in [-0.3, -0.25) is 15.3 Å². The first-order chi connectivity index (χ1) is 18.5. The highest BCUT2D eigenvalue weighted by atomic mass is 35.5. The molecule has 0 spiro atoms. The van der Waals surface area contributed by atoms with Crippen molar-refractivity contribution in [1.82, 2.24) is 29.7 Å². The zero-order chi connectivity index (χ0) is 25.8. The van der Waals surface area contributed by atoms with Crippen LogP contribution in [0.4, 0.5) is 5.82 Å². The molecule has 202 valence electrons. The molecular formula is C26H33ClN8O3. The smallest absolute Gasteiger partial charge is 0.384 e. The number of H-pyrrole nitrogens is 1. The number of anilines is 1. The number of nitrogens with one attached hydrogen (secondary N) is 2. The Balaban J connectivity index is 1.35. The Morgan fingerprint density at radius 3 is 2.82 bits per heavy atom. The lowest BCUT2D eigenvalue weighted by Crippen LogP contribution is -2.61. The Morgan fingerprint density at radius 1 is 1.16 bits per heavy atom. The zero-order valence-electron chi connectivity index (χ0n) is 21.5. The fourth-order valence-electron chi connectivity index (χ4n) is 6.79. The number of nitrogens with zero attached hydrogens (tertiary/aromatic N) is 6. The molecule has 3 atom stereocenters. The molecule has 0 amide bonds. The number of morpholine rings is 1. The molecule has 0 radical (unpaired) electrons. The van der Waals surface area contributed by atoms with E-state index in [0.29, 0.717) is 29.4 Å². The fourth-order valence-corrected chi connectivity index (χ4v) is 6.97. The van der Waals surface area contributed by atoms with E-state index in [0.717, 1.165) is 48.9 Å². The first kappa shape index (κ1) is 24.2. The molecule has 0 aromatic carbocycles. The van der Waals surface area contributed by atoms with Crippen LogP contribution in [0.25, 0.3) is 23.0 Å². The van der Waals surface area contributed by atoms with Gasteiger partial charge in [-0.05, 0) is 50.0 Å². The van der Waals surface area contributed by atoms with Crippen molar-refractivity contribution >= 4 is 17.4 Å². The lowest BCUT2D eigenvalue weighted by atomic mass is 9.83. The van der Waals surface area contributed by atoms with E-state index in [4.69, 9.17) is 25.7 Å². The predicted molar refractivity (Wildman–Crippen MR) is 142 cm³/mol. The average molecular weight is 541 g/mol. The molecule has 3 aromatic rings. The lowest BCUT2D eigenvalue weighted by molar-refractivity contribution is -0.0684. The number of ether oxygens (including phenoxy) is 1. The van der Waals surface area contributed by atoms with Gasteiger partial charge in [-0.1, -0.05) is 31.4 Å². The number of rotatable bonds is 5. The van der Waals surface area contributed by atoms with Crippen molar-refractivity contribution in [2.75, 3.05) is 30.0 Å². The van der Waals surface area contributed by atoms with Gasteiger partial charge in [0.15, 0.2) is 12.1 Å². The molecule has 3 fully saturated rings. The molecule has 3 aromatic heterocycles. The SMILES string of the molecule is CC1CCC(CN2c3c(-c4cncc(Cl)c4)nc(-c4n[nH]c(=O)o4)n3N[C@H]2N2CCO[C@@H]3CCC[C@H]32)CC1. The number of hydrogen-bond donors (Lipinski definition) is 2. The van der Waals surface area contributed by atoms with Crippen molar-refractivity contribution in [1.29, 1.82) is 0 Å². The van der Waals surface area contributed by atoms with Crippen molar-refractivity contribution < 1.29 is 9.15 Å². The van der Waals surface area contributed by atoms with Gasteiger partial charge >= 0.3 is 5.76 Å². The Labute approximate surface area is 225 Å². The molecule has 38 heavy (non-hydrogen) atoms. The van der Waals surface area contributed by atoms with Gasteiger partial charge in [-0.15, -0.1) is 5.10 Å². The van der Waals surface area contributed by atoms with Crippen LogP contribution in [0.3, 0.4) is 0 Å². The van der Waals surface area contributed by atoms with Crippen LogP contribution in [0.2, 0.25) is 5.02 Å². The van der Waals surface area contributed by atoms with Crippen molar-refractivity contribution in [2.24, 2.45) is 11.8 Å². The lowest BCUT2D eigenvalue weighted by Gasteiger charge is -2.45. The number of aromatic amines is 1. The Hall–Kier alpha value is -2.89. The molecule has 2 aliphatic carbocycles. The second-order valence-electron chi connectivity index (χ2n) is 11.2. The molecule has 7 rings (SSSR count). The van der Waals surface area contributed by atoms with Crippen LogP contribution in [0.5, 0.6) is 0 Å². The van der Waals surface area contributed by atoms with E-state index in [9.17, 15) is 4.79 Å². The highest BCUT2D eigenvalue weighted by Gasteiger charge is 2.46. The summed E-state index contributed by atoms with van der Waals surface area (Å²) < 4.78 is 13.5. The minimum Gasteiger partial charge on any atom is -0.384 e. The van der Waals surface area contributed by atoms with Crippen LogP contribution in [0.1, 0.15) is 51.9 Å². The summed E-state index contributed by atoms with van der Waals surface area (Å²) in [5.74, 6) is 2.24. The normalized spacial score (nSPS) is 29.3. The number of fused-ring (bicyclic) bond motifs is 2. The molecule has 2 saturated carbocycles. The molecule has 4 aliphatic rings. The summed E-state index contributed by atoms with van der Waals surface area (Å²) in [6, 6.07) is 2.23. The Bertz CT molecular complexity index is 1360. The maximum absolute atomic E-state index is 11.9. The predicted octanol–water partition coefficient (Wildman–Crippen LogP) is 3.67. The molecule has 2 aliphatic heterocycles. The maximum atomic E-state index is 11.9. The van der Waals surface area contributed by atoms with Crippen molar-refractivity contribution in [2.45, 2.75) is 70.3 Å². The summed E-state index contributed by atoms with van der Waals surface area (Å²) in [5, 5.41) is 7.02. The van der Waals surface area contributed by atoms with Crippen molar-refractivity contribution in [3.05, 3.63) is 34.0 Å². The Kier molecular flexibility index (Phi) is 6.17. The van der Waals surface area contributed by atoms with Gasteiger partial charge in [-0.25, -0.2) is 19.6 Å². The maximum Gasteiger partial charge on any atom is 0.434 e. The van der Waals surface area contributed by atoms with Crippen LogP contribution >= 0.6 is 11.6 Å². The number of halogens is 1. The summed E-state index contributed by atoms with van der Waals surface area (Å²) in [7, 11) is 0. The van der Waals surface area contributed by atoms with Crippen LogP contribution in [-0.4, -0.2) is 67.9 Å². The number of pyridine rings is 1. The molecule has 0 unspecified atom stereocenters. The van der Waals surface area contributed by atoms with Gasteiger partial charge in [0, 0.05) is 37.1 Å². The van der Waals surface area contributed by atoms with Crippen molar-refractivity contribution in [3.63, 3.8) is 0 Å². The van der Waals surface area contributed by atoms with Crippen LogP contribution < -0.4 is 16.1 Å². The fraction of sp³-hybridized carbons (Fsp3) is 0.615. The van der Waals surface area contributed by atoms with E-state index in [-0.39, 0.29) is 18.3 Å². The van der Waals surface area contributed by atoms with Gasteiger partial charge in [0.1, 0.15) is 5.69 Å². The van der Waals surface area contributed by atoms with Crippen LogP contribution in [0.15, 0.2) is 27.7 Å². The third-order valence-electron chi connectivity index (χ3n) is 8.70. The minimum absolute atomic E-state index is 0.0860. The third-order valence-corrected chi connectivity index (χ3v) is 8.91. The quantitative estimate of drug-likeness (QED) is 0.499. The van der Waals surface area contributed by atoms with Gasteiger partial charge in [0.2, 0.25) is 5.82 Å². The number of imidazole rings is 1.